The number of hydrogen-bond donors (Lipinski definition) is 4. The Bertz CT molecular complexity index is 5800. The van der Waals surface area contributed by atoms with Crippen LogP contribution in [-0.2, 0) is 12.4 Å². The van der Waals surface area contributed by atoms with E-state index in [1.54, 1.807) is 94.1 Å². The Balaban J connectivity index is 0.000000118. The summed E-state index contributed by atoms with van der Waals surface area (Å²) >= 11 is 0. The highest BCUT2D eigenvalue weighted by Crippen LogP contribution is 2.47. The normalized spacial score (nSPS) is 18.9. The maximum absolute atomic E-state index is 13.5. The van der Waals surface area contributed by atoms with E-state index < -0.39 is 47.7 Å². The number of pyridine rings is 9. The minimum Gasteiger partial charge on any atom is -0.366 e. The van der Waals surface area contributed by atoms with Crippen LogP contribution in [0.25, 0.3) is 33.8 Å². The molecule has 9 aliphatic heterocycles. The smallest absolute Gasteiger partial charge is 0.366 e. The molecule has 4 N–H and O–H groups in total. The first-order valence-corrected chi connectivity index (χ1v) is 40.6. The molecule has 5 fully saturated rings. The van der Waals surface area contributed by atoms with E-state index in [0.29, 0.717) is 84.4 Å². The lowest BCUT2D eigenvalue weighted by atomic mass is 9.99. The summed E-state index contributed by atoms with van der Waals surface area (Å²) in [7, 11) is 0. The molecular weight excluding hydrogens is 1640 g/mol. The summed E-state index contributed by atoms with van der Waals surface area (Å²) in [6.45, 7) is 8.48. The number of aromatic nitrogens is 13. The Labute approximate surface area is 708 Å². The third kappa shape index (κ3) is 18.1. The fraction of sp³-hybridized carbons (Fsp3) is 0.329. The van der Waals surface area contributed by atoms with E-state index in [0.717, 1.165) is 155 Å². The number of hydrogen-bond acceptors (Lipinski definition) is 22. The molecule has 125 heavy (non-hydrogen) atoms. The van der Waals surface area contributed by atoms with Crippen molar-refractivity contribution in [1.29, 1.82) is 0 Å². The van der Waals surface area contributed by atoms with Crippen LogP contribution < -0.4 is 65.4 Å². The van der Waals surface area contributed by atoms with Gasteiger partial charge in [-0.05, 0) is 162 Å². The Kier molecular flexibility index (Phi) is 23.3. The fourth-order valence-corrected chi connectivity index (χ4v) is 17.3. The zero-order valence-corrected chi connectivity index (χ0v) is 66.9. The van der Waals surface area contributed by atoms with Gasteiger partial charge in [0.2, 0.25) is 0 Å². The lowest BCUT2D eigenvalue weighted by Gasteiger charge is -2.46. The molecule has 0 radical (unpaired) electrons. The van der Waals surface area contributed by atoms with Crippen LogP contribution in [0.5, 0.6) is 0 Å². The standard InChI is InChI=1S/C22H18F4N6O.C21H18F3N7O.C21H23F3N6O.C21H21N7O/c23-14-9-15(11-27-10-14)29-21(33)32-16-2-1-7-31(12-16)18-4-3-17(30-20(18)32)13-5-6-28-19(8-13)22(24,25)26;22-21(23,24)14-6-13(7-25-8-14)17-3-4-18-19(29-17)31(16-2-1-5-30(18)11-16)20(32)28-15-9-26-12-27-10-15;22-21(23,24)16-6-4-12-29(16)18-9-8-15-19(27-18)30(14-5-3-11-28(15)13-14)20(31)26-17-7-1-2-10-25-17;1-14-9-15(6-7-24-14)18-4-5-19-20(26-18)28(17-3-2-8-27(19)12-17)21(29)25-16-10-22-13-23-11-16/h3-6,8-11,16H,1-2,7,12H2,(H,29,33);3-4,6-10,12,16H,1-2,5,11H2,(H,28,32);1-2,7-10,14,16H,3-6,11-13H2,(H,25,26,31);4-7,9-11,13,17H,2-3,8,12H2,1H3,(H,25,29)/t2*16-;14-,16-;17-/m0000/s1. The molecule has 5 atom stereocenters. The number of amides is 8. The lowest BCUT2D eigenvalue weighted by Crippen LogP contribution is -2.56. The Morgan fingerprint density at radius 1 is 0.392 bits per heavy atom. The van der Waals surface area contributed by atoms with Crippen molar-refractivity contribution in [2.24, 2.45) is 0 Å². The van der Waals surface area contributed by atoms with Gasteiger partial charge in [0.25, 0.3) is 0 Å². The van der Waals surface area contributed by atoms with Crippen LogP contribution >= 0.6 is 0 Å². The van der Waals surface area contributed by atoms with Crippen molar-refractivity contribution in [1.82, 2.24) is 64.8 Å². The van der Waals surface area contributed by atoms with Gasteiger partial charge in [-0.25, -0.2) is 68.4 Å². The summed E-state index contributed by atoms with van der Waals surface area (Å²) < 4.78 is 133. The first-order valence-electron chi connectivity index (χ1n) is 40.6. The fourth-order valence-electron chi connectivity index (χ4n) is 17.3. The van der Waals surface area contributed by atoms with Crippen LogP contribution in [0.3, 0.4) is 0 Å². The molecule has 11 aromatic heterocycles. The predicted molar refractivity (Wildman–Crippen MR) is 447 cm³/mol. The Morgan fingerprint density at radius 3 is 1.30 bits per heavy atom. The van der Waals surface area contributed by atoms with Crippen molar-refractivity contribution in [3.8, 4) is 33.8 Å². The highest BCUT2D eigenvalue weighted by atomic mass is 19.4. The van der Waals surface area contributed by atoms with Gasteiger partial charge < -0.3 is 40.4 Å². The number of anilines is 13. The number of rotatable bonds is 8. The average Bonchev–Trinajstić information content (AvgIpc) is 1.65. The van der Waals surface area contributed by atoms with Gasteiger partial charge in [0, 0.05) is 118 Å². The first kappa shape index (κ1) is 83.2. The van der Waals surface area contributed by atoms with Gasteiger partial charge in [-0.3, -0.25) is 44.9 Å². The molecule has 8 amide bonds. The van der Waals surface area contributed by atoms with Gasteiger partial charge in [-0.2, -0.15) is 39.5 Å². The summed E-state index contributed by atoms with van der Waals surface area (Å²) in [5.74, 6) is 1.95. The van der Waals surface area contributed by atoms with E-state index in [2.05, 4.69) is 107 Å². The van der Waals surface area contributed by atoms with Crippen LogP contribution in [0.2, 0.25) is 0 Å². The van der Waals surface area contributed by atoms with E-state index >= 15 is 0 Å². The van der Waals surface area contributed by atoms with E-state index in [-0.39, 0.29) is 77.0 Å². The predicted octanol–water partition coefficient (Wildman–Crippen LogP) is 16.0. The summed E-state index contributed by atoms with van der Waals surface area (Å²) in [6.07, 6.45) is 12.1. The van der Waals surface area contributed by atoms with Crippen LogP contribution in [-0.4, -0.2) is 184 Å². The van der Waals surface area contributed by atoms with Crippen molar-refractivity contribution < 1.29 is 63.1 Å². The van der Waals surface area contributed by atoms with Crippen molar-refractivity contribution in [2.75, 3.05) is 124 Å². The molecule has 0 aliphatic carbocycles. The second-order valence-corrected chi connectivity index (χ2v) is 31.1. The highest BCUT2D eigenvalue weighted by molar-refractivity contribution is 6.07. The van der Waals surface area contributed by atoms with Gasteiger partial charge in [0.1, 0.15) is 41.8 Å². The Hall–Kier alpha value is -14.1. The number of carbonyl (C=O) groups excluding carboxylic acids is 4. The minimum absolute atomic E-state index is 0.0564. The highest BCUT2D eigenvalue weighted by Gasteiger charge is 2.49. The van der Waals surface area contributed by atoms with Crippen molar-refractivity contribution in [2.45, 2.75) is 120 Å². The molecule has 644 valence electrons. The number of halogens is 10. The molecule has 0 saturated carbocycles. The molecule has 9 aliphatic rings. The molecule has 20 rings (SSSR count). The molecule has 0 spiro atoms. The second kappa shape index (κ2) is 35.0. The maximum atomic E-state index is 13.5. The van der Waals surface area contributed by atoms with Crippen molar-refractivity contribution >= 4 is 98.8 Å². The first-order chi connectivity index (χ1) is 60.3. The number of piperidine rings is 4. The molecule has 8 bridgehead atoms. The van der Waals surface area contributed by atoms with Gasteiger partial charge in [-0.15, -0.1) is 0 Å². The minimum atomic E-state index is -4.59. The van der Waals surface area contributed by atoms with E-state index in [9.17, 15) is 63.1 Å². The summed E-state index contributed by atoms with van der Waals surface area (Å²) in [5, 5.41) is 11.2. The largest absolute Gasteiger partial charge is 0.433 e. The summed E-state index contributed by atoms with van der Waals surface area (Å²) in [5.41, 5.74) is 6.39. The average molecular weight is 1720 g/mol. The van der Waals surface area contributed by atoms with Gasteiger partial charge in [-0.1, -0.05) is 6.07 Å². The van der Waals surface area contributed by atoms with E-state index in [1.807, 2.05) is 25.1 Å². The SMILES string of the molecule is Cc1cc(-c2ccc3c(n2)N(C(=O)Nc2cncnc2)[C@H]2CCCN3C2)ccn1.O=C(Nc1ccccn1)N1c2nc(N3CCC[C@H]3C(F)(F)F)ccc2N2CCC[C@H]1C2.O=C(Nc1cncc(F)c1)N1c2nc(-c3ccnc(C(F)(F)F)c3)ccc2N2CCC[C@H]1C2.O=C(Nc1cncnc1)N1c2nc(-c3cncc(C(F)(F)F)c3)ccc2N2CCC[C@H]1C2. The molecule has 5 saturated heterocycles. The van der Waals surface area contributed by atoms with Crippen molar-refractivity contribution in [3.63, 3.8) is 0 Å². The topological polar surface area (TPSA) is 313 Å². The van der Waals surface area contributed by atoms with Crippen LogP contribution in [0, 0.1) is 12.7 Å². The van der Waals surface area contributed by atoms with Gasteiger partial charge in [0.05, 0.1) is 124 Å². The summed E-state index contributed by atoms with van der Waals surface area (Å²) in [4.78, 5) is 123. The number of urea groups is 4. The molecule has 20 heterocycles. The molecule has 30 nitrogen and oxygen atoms in total. The zero-order chi connectivity index (χ0) is 86.8. The number of nitrogens with zero attached hydrogens (tertiary/aromatic N) is 22. The van der Waals surface area contributed by atoms with Gasteiger partial charge >= 0.3 is 42.7 Å². The maximum Gasteiger partial charge on any atom is 0.433 e. The molecule has 0 aromatic carbocycles. The van der Waals surface area contributed by atoms with Crippen LogP contribution in [0.1, 0.15) is 81.2 Å². The number of carbonyl (C=O) groups is 4. The lowest BCUT2D eigenvalue weighted by molar-refractivity contribution is -0.146. The number of alkyl halides is 9. The molecular formula is C85H80F10N26O4. The van der Waals surface area contributed by atoms with Gasteiger partial charge in [0.15, 0.2) is 23.3 Å². The second-order valence-electron chi connectivity index (χ2n) is 31.1. The third-order valence-electron chi connectivity index (χ3n) is 22.9. The van der Waals surface area contributed by atoms with E-state index in [4.69, 9.17) is 4.98 Å². The van der Waals surface area contributed by atoms with E-state index in [1.165, 1.54) is 53.3 Å². The molecule has 11 aromatic rings. The monoisotopic (exact) mass is 1720 g/mol. The number of aryl methyl sites for hydroxylation is 1. The Morgan fingerprint density at radius 2 is 0.832 bits per heavy atom. The van der Waals surface area contributed by atoms with Crippen molar-refractivity contribution in [3.05, 3.63) is 207 Å². The third-order valence-corrected chi connectivity index (χ3v) is 22.9. The van der Waals surface area contributed by atoms with Crippen LogP contribution in [0.4, 0.5) is 138 Å². The number of nitrogens with one attached hydrogen (secondary N) is 4. The molecule has 40 heteroatoms. The quantitative estimate of drug-likeness (QED) is 0.103. The van der Waals surface area contributed by atoms with Crippen LogP contribution in [0.15, 0.2) is 184 Å². The number of fused-ring (bicyclic) bond motifs is 16. The summed E-state index contributed by atoms with van der Waals surface area (Å²) in [6, 6.07) is 24.8. The zero-order valence-electron chi connectivity index (χ0n) is 66.9. The molecule has 0 unspecified atom stereocenters.